The Morgan fingerprint density at radius 1 is 0.917 bits per heavy atom. The summed E-state index contributed by atoms with van der Waals surface area (Å²) in [4.78, 5) is 18.0. The summed E-state index contributed by atoms with van der Waals surface area (Å²) in [6.45, 7) is 0.390. The van der Waals surface area contributed by atoms with E-state index in [0.29, 0.717) is 51.9 Å². The number of pyridine rings is 1. The quantitative estimate of drug-likeness (QED) is 0.332. The van der Waals surface area contributed by atoms with Crippen LogP contribution < -0.4 is 24.2 Å². The smallest absolute Gasteiger partial charge is 0.253 e. The zero-order valence-corrected chi connectivity index (χ0v) is 21.1. The number of hydrogen-bond acceptors (Lipinski definition) is 6. The van der Waals surface area contributed by atoms with Crippen LogP contribution in [-0.2, 0) is 17.4 Å². The van der Waals surface area contributed by atoms with Gasteiger partial charge in [0.25, 0.3) is 5.91 Å². The number of carbonyl (C=O) groups is 1. The highest BCUT2D eigenvalue weighted by molar-refractivity contribution is 7.86. The van der Waals surface area contributed by atoms with Crippen LogP contribution in [0.4, 0.5) is 5.69 Å². The fourth-order valence-corrected chi connectivity index (χ4v) is 4.80. The van der Waals surface area contributed by atoms with Gasteiger partial charge >= 0.3 is 0 Å². The summed E-state index contributed by atoms with van der Waals surface area (Å²) in [6.07, 6.45) is 2.25. The molecule has 0 aliphatic carbocycles. The number of rotatable bonds is 10. The van der Waals surface area contributed by atoms with Crippen LogP contribution in [0.25, 0.3) is 10.9 Å². The summed E-state index contributed by atoms with van der Waals surface area (Å²) >= 11 is 0. The van der Waals surface area contributed by atoms with Crippen molar-refractivity contribution in [1.82, 2.24) is 10.3 Å². The molecule has 0 bridgehead atoms. The Labute approximate surface area is 212 Å². The first-order valence-electron chi connectivity index (χ1n) is 11.2. The molecule has 2 N–H and O–H groups in total. The molecule has 0 fully saturated rings. The normalized spacial score (nSPS) is 11.5. The fourth-order valence-electron chi connectivity index (χ4n) is 3.76. The third kappa shape index (κ3) is 5.58. The summed E-state index contributed by atoms with van der Waals surface area (Å²) in [7, 11) is 3.05. The molecule has 0 spiro atoms. The highest BCUT2D eigenvalue weighted by Gasteiger charge is 2.17. The number of aromatic nitrogens is 1. The topological polar surface area (TPSA) is 98.8 Å². The van der Waals surface area contributed by atoms with E-state index in [1.807, 2.05) is 42.5 Å². The van der Waals surface area contributed by atoms with E-state index in [4.69, 9.17) is 14.2 Å². The van der Waals surface area contributed by atoms with Gasteiger partial charge in [0.2, 0.25) is 0 Å². The molecule has 1 unspecified atom stereocenters. The Morgan fingerprint density at radius 3 is 2.50 bits per heavy atom. The van der Waals surface area contributed by atoms with Crippen molar-refractivity contribution in [3.63, 3.8) is 0 Å². The molecule has 0 saturated heterocycles. The zero-order valence-electron chi connectivity index (χ0n) is 20.2. The second-order valence-corrected chi connectivity index (χ2v) is 8.99. The van der Waals surface area contributed by atoms with Gasteiger partial charge in [0, 0.05) is 18.1 Å². The highest BCUT2D eigenvalue weighted by Crippen LogP contribution is 2.28. The van der Waals surface area contributed by atoms with Gasteiger partial charge in [-0.25, -0.2) is 4.21 Å². The summed E-state index contributed by atoms with van der Waals surface area (Å²) in [5.74, 6) is 1.48. The van der Waals surface area contributed by atoms with E-state index in [1.54, 1.807) is 44.7 Å². The standard InChI is InChI=1S/C27H27N3O5S/c1-33-20-10-11-22(30-36(32)25-8-4-6-19-7-5-14-28-26(19)25)21(17-20)27(31)29-15-13-18-9-12-23(34-2)24(16-18)35-3/h4-12,14,16-17,30H,13,15H2,1-3H3,(H,29,31). The minimum Gasteiger partial charge on any atom is -0.497 e. The largest absolute Gasteiger partial charge is 0.497 e. The number of benzene rings is 3. The maximum absolute atomic E-state index is 13.2. The Hall–Kier alpha value is -4.11. The molecule has 1 aromatic heterocycles. The van der Waals surface area contributed by atoms with E-state index in [0.717, 1.165) is 10.9 Å². The molecule has 0 saturated carbocycles. The second-order valence-electron chi connectivity index (χ2n) is 7.81. The average molecular weight is 506 g/mol. The van der Waals surface area contributed by atoms with Crippen molar-refractivity contribution >= 4 is 33.5 Å². The first kappa shape index (κ1) is 25.0. The first-order chi connectivity index (χ1) is 17.5. The molecule has 0 radical (unpaired) electrons. The third-order valence-corrected chi connectivity index (χ3v) is 6.75. The molecule has 1 amide bonds. The first-order valence-corrected chi connectivity index (χ1v) is 12.4. The predicted molar refractivity (Wildman–Crippen MR) is 140 cm³/mol. The van der Waals surface area contributed by atoms with E-state index in [1.165, 1.54) is 7.11 Å². The van der Waals surface area contributed by atoms with Crippen molar-refractivity contribution < 1.29 is 23.2 Å². The molecule has 186 valence electrons. The molecular formula is C27H27N3O5S. The molecule has 0 aliphatic heterocycles. The number of anilines is 1. The lowest BCUT2D eigenvalue weighted by molar-refractivity contribution is 0.0954. The van der Waals surface area contributed by atoms with Gasteiger partial charge in [0.05, 0.1) is 43.0 Å². The number of para-hydroxylation sites is 1. The number of amides is 1. The van der Waals surface area contributed by atoms with E-state index in [-0.39, 0.29) is 5.91 Å². The summed E-state index contributed by atoms with van der Waals surface area (Å²) in [5, 5.41) is 3.81. The van der Waals surface area contributed by atoms with Crippen LogP contribution >= 0.6 is 0 Å². The van der Waals surface area contributed by atoms with Crippen LogP contribution in [0.15, 0.2) is 77.8 Å². The SMILES string of the molecule is COc1ccc(NS(=O)c2cccc3cccnc23)c(C(=O)NCCc2ccc(OC)c(OC)c2)c1. The Morgan fingerprint density at radius 2 is 1.72 bits per heavy atom. The lowest BCUT2D eigenvalue weighted by Crippen LogP contribution is -2.27. The van der Waals surface area contributed by atoms with E-state index < -0.39 is 11.0 Å². The molecule has 4 rings (SSSR count). The van der Waals surface area contributed by atoms with Gasteiger partial charge in [-0.3, -0.25) is 9.78 Å². The molecule has 3 aromatic carbocycles. The molecule has 1 atom stereocenters. The molecule has 36 heavy (non-hydrogen) atoms. The fraction of sp³-hybridized carbons (Fsp3) is 0.185. The van der Waals surface area contributed by atoms with Crippen molar-refractivity contribution in [3.05, 3.63) is 84.1 Å². The highest BCUT2D eigenvalue weighted by atomic mass is 32.2. The van der Waals surface area contributed by atoms with Crippen LogP contribution in [0.3, 0.4) is 0 Å². The monoisotopic (exact) mass is 505 g/mol. The number of hydrogen-bond donors (Lipinski definition) is 2. The third-order valence-electron chi connectivity index (χ3n) is 5.62. The van der Waals surface area contributed by atoms with Crippen molar-refractivity contribution in [2.75, 3.05) is 32.6 Å². The van der Waals surface area contributed by atoms with Gasteiger partial charge in [-0.15, -0.1) is 0 Å². The minimum absolute atomic E-state index is 0.315. The average Bonchev–Trinajstić information content (AvgIpc) is 2.92. The Bertz CT molecular complexity index is 1400. The number of carbonyl (C=O) groups excluding carboxylic acids is 1. The van der Waals surface area contributed by atoms with Crippen molar-refractivity contribution in [1.29, 1.82) is 0 Å². The number of nitrogens with zero attached hydrogens (tertiary/aromatic N) is 1. The van der Waals surface area contributed by atoms with Crippen LogP contribution in [0, 0.1) is 0 Å². The Balaban J connectivity index is 1.50. The van der Waals surface area contributed by atoms with Crippen molar-refractivity contribution in [2.24, 2.45) is 0 Å². The number of fused-ring (bicyclic) bond motifs is 1. The molecule has 9 heteroatoms. The number of methoxy groups -OCH3 is 3. The van der Waals surface area contributed by atoms with Gasteiger partial charge in [0.15, 0.2) is 22.5 Å². The summed E-state index contributed by atoms with van der Waals surface area (Å²) in [5.41, 5.74) is 2.37. The lowest BCUT2D eigenvalue weighted by atomic mass is 10.1. The van der Waals surface area contributed by atoms with Gasteiger partial charge in [0.1, 0.15) is 5.75 Å². The van der Waals surface area contributed by atoms with Gasteiger partial charge in [-0.1, -0.05) is 24.3 Å². The molecule has 1 heterocycles. The van der Waals surface area contributed by atoms with Gasteiger partial charge < -0.3 is 24.2 Å². The second kappa shape index (κ2) is 11.5. The zero-order chi connectivity index (χ0) is 25.5. The van der Waals surface area contributed by atoms with E-state index in [9.17, 15) is 9.00 Å². The summed E-state index contributed by atoms with van der Waals surface area (Å²) < 4.78 is 32.1. The van der Waals surface area contributed by atoms with Crippen LogP contribution in [0.5, 0.6) is 17.2 Å². The number of ether oxygens (including phenoxy) is 3. The Kier molecular flexibility index (Phi) is 8.02. The van der Waals surface area contributed by atoms with Crippen LogP contribution in [-0.4, -0.2) is 43.0 Å². The minimum atomic E-state index is -1.65. The molecule has 4 aromatic rings. The van der Waals surface area contributed by atoms with Crippen molar-refractivity contribution in [2.45, 2.75) is 11.3 Å². The van der Waals surface area contributed by atoms with Crippen LogP contribution in [0.2, 0.25) is 0 Å². The van der Waals surface area contributed by atoms with E-state index in [2.05, 4.69) is 15.0 Å². The maximum atomic E-state index is 13.2. The predicted octanol–water partition coefficient (Wildman–Crippen LogP) is 4.37. The molecular weight excluding hydrogens is 478 g/mol. The molecule has 0 aliphatic rings. The lowest BCUT2D eigenvalue weighted by Gasteiger charge is -2.14. The van der Waals surface area contributed by atoms with Gasteiger partial charge in [-0.2, -0.15) is 0 Å². The van der Waals surface area contributed by atoms with E-state index >= 15 is 0 Å². The van der Waals surface area contributed by atoms with Crippen molar-refractivity contribution in [3.8, 4) is 17.2 Å². The van der Waals surface area contributed by atoms with Gasteiger partial charge in [-0.05, 0) is 54.4 Å². The van der Waals surface area contributed by atoms with Crippen LogP contribution in [0.1, 0.15) is 15.9 Å². The maximum Gasteiger partial charge on any atom is 0.253 e. The number of nitrogens with one attached hydrogen (secondary N) is 2. The molecule has 8 nitrogen and oxygen atoms in total. The summed E-state index contributed by atoms with van der Waals surface area (Å²) in [6, 6.07) is 19.9.